The Morgan fingerprint density at radius 1 is 0.929 bits per heavy atom. The summed E-state index contributed by atoms with van der Waals surface area (Å²) in [6, 6.07) is 19.4. The van der Waals surface area contributed by atoms with Gasteiger partial charge in [-0.15, -0.1) is 5.10 Å². The summed E-state index contributed by atoms with van der Waals surface area (Å²) >= 11 is 0. The molecule has 0 saturated carbocycles. The molecule has 6 heteroatoms. The third kappa shape index (κ3) is 3.76. The van der Waals surface area contributed by atoms with Crippen molar-refractivity contribution in [3.8, 4) is 5.88 Å². The van der Waals surface area contributed by atoms with Gasteiger partial charge in [0.05, 0.1) is 12.1 Å². The molecular weight excluding hydrogens is 354 g/mol. The maximum Gasteiger partial charge on any atom is 0.254 e. The minimum atomic E-state index is -0.162. The molecule has 0 N–H and O–H groups in total. The fourth-order valence-corrected chi connectivity index (χ4v) is 3.31. The lowest BCUT2D eigenvalue weighted by Gasteiger charge is -2.18. The summed E-state index contributed by atoms with van der Waals surface area (Å²) in [6.45, 7) is 1.01. The highest BCUT2D eigenvalue weighted by Gasteiger charge is 2.30. The fraction of sp³-hybridized carbons (Fsp3) is 0.182. The van der Waals surface area contributed by atoms with E-state index in [9.17, 15) is 9.59 Å². The van der Waals surface area contributed by atoms with Crippen LogP contribution < -0.4 is 4.74 Å². The number of rotatable bonds is 5. The first-order valence-corrected chi connectivity index (χ1v) is 9.15. The summed E-state index contributed by atoms with van der Waals surface area (Å²) in [6.07, 6.45) is 2.15. The van der Waals surface area contributed by atoms with Gasteiger partial charge in [0.25, 0.3) is 5.91 Å². The first-order valence-electron chi connectivity index (χ1n) is 9.15. The molecule has 0 spiro atoms. The molecule has 1 aliphatic rings. The summed E-state index contributed by atoms with van der Waals surface area (Å²) in [5.41, 5.74) is 1.39. The number of hydrogen-bond acceptors (Lipinski definition) is 5. The molecule has 1 aromatic heterocycles. The van der Waals surface area contributed by atoms with Crippen molar-refractivity contribution in [3.63, 3.8) is 0 Å². The van der Waals surface area contributed by atoms with Gasteiger partial charge in [-0.05, 0) is 12.1 Å². The number of nitrogens with zero attached hydrogens (tertiary/aromatic N) is 3. The zero-order valence-corrected chi connectivity index (χ0v) is 15.2. The van der Waals surface area contributed by atoms with Crippen LogP contribution in [0.25, 0.3) is 0 Å². The average molecular weight is 373 g/mol. The molecule has 1 fully saturated rings. The molecule has 2 heterocycles. The van der Waals surface area contributed by atoms with E-state index >= 15 is 0 Å². The fourth-order valence-electron chi connectivity index (χ4n) is 3.31. The predicted octanol–water partition coefficient (Wildman–Crippen LogP) is 3.00. The van der Waals surface area contributed by atoms with Gasteiger partial charge in [0.1, 0.15) is 6.10 Å². The molecule has 4 rings (SSSR count). The molecule has 1 unspecified atom stereocenters. The van der Waals surface area contributed by atoms with Crippen LogP contribution in [-0.4, -0.2) is 46.0 Å². The molecule has 0 radical (unpaired) electrons. The lowest BCUT2D eigenvalue weighted by molar-refractivity contribution is 0.0766. The van der Waals surface area contributed by atoms with Crippen molar-refractivity contribution < 1.29 is 14.3 Å². The maximum absolute atomic E-state index is 13.1. The lowest BCUT2D eigenvalue weighted by Crippen LogP contribution is -2.32. The van der Waals surface area contributed by atoms with Crippen LogP contribution in [0.1, 0.15) is 32.7 Å². The van der Waals surface area contributed by atoms with Crippen molar-refractivity contribution in [1.82, 2.24) is 15.1 Å². The standard InChI is InChI=1S/C22H19N3O3/c26-21(16-7-2-1-3-8-16)18-9-4-5-10-19(18)22(27)25-14-12-17(15-25)28-20-11-6-13-23-24-20/h1-11,13,17H,12,14-15H2. The molecule has 1 aliphatic heterocycles. The van der Waals surface area contributed by atoms with E-state index in [2.05, 4.69) is 10.2 Å². The average Bonchev–Trinajstić information content (AvgIpc) is 3.22. The van der Waals surface area contributed by atoms with E-state index < -0.39 is 0 Å². The lowest BCUT2D eigenvalue weighted by atomic mass is 9.97. The Kier molecular flexibility index (Phi) is 5.10. The van der Waals surface area contributed by atoms with E-state index in [1.165, 1.54) is 0 Å². The van der Waals surface area contributed by atoms with Crippen LogP contribution in [0.15, 0.2) is 72.9 Å². The SMILES string of the molecule is O=C(c1ccccc1)c1ccccc1C(=O)N1CCC(Oc2cccnn2)C1. The van der Waals surface area contributed by atoms with Gasteiger partial charge in [-0.25, -0.2) is 0 Å². The number of benzene rings is 2. The number of hydrogen-bond donors (Lipinski definition) is 0. The van der Waals surface area contributed by atoms with E-state index in [0.717, 1.165) is 0 Å². The molecule has 140 valence electrons. The highest BCUT2D eigenvalue weighted by atomic mass is 16.5. The number of carbonyl (C=O) groups excluding carboxylic acids is 2. The van der Waals surface area contributed by atoms with E-state index in [0.29, 0.717) is 42.1 Å². The van der Waals surface area contributed by atoms with Crippen LogP contribution in [0, 0.1) is 0 Å². The van der Waals surface area contributed by atoms with Crippen molar-refractivity contribution in [1.29, 1.82) is 0 Å². The van der Waals surface area contributed by atoms with Gasteiger partial charge < -0.3 is 9.64 Å². The second kappa shape index (κ2) is 8.00. The normalized spacial score (nSPS) is 16.0. The highest BCUT2D eigenvalue weighted by Crippen LogP contribution is 2.21. The summed E-state index contributed by atoms with van der Waals surface area (Å²) in [7, 11) is 0. The van der Waals surface area contributed by atoms with E-state index in [1.807, 2.05) is 18.2 Å². The Balaban J connectivity index is 1.51. The van der Waals surface area contributed by atoms with Crippen molar-refractivity contribution >= 4 is 11.7 Å². The minimum absolute atomic E-state index is 0.141. The number of aromatic nitrogens is 2. The summed E-state index contributed by atoms with van der Waals surface area (Å²) in [5, 5.41) is 7.72. The van der Waals surface area contributed by atoms with Crippen molar-refractivity contribution in [2.45, 2.75) is 12.5 Å². The van der Waals surface area contributed by atoms with Gasteiger partial charge in [-0.3, -0.25) is 9.59 Å². The molecular formula is C22H19N3O3. The Morgan fingerprint density at radius 2 is 1.68 bits per heavy atom. The molecule has 1 saturated heterocycles. The van der Waals surface area contributed by atoms with Gasteiger partial charge in [0, 0.05) is 36.4 Å². The number of ether oxygens (including phenoxy) is 1. The van der Waals surface area contributed by atoms with Crippen LogP contribution in [0.2, 0.25) is 0 Å². The van der Waals surface area contributed by atoms with Gasteiger partial charge in [0.15, 0.2) is 5.78 Å². The number of amides is 1. The van der Waals surface area contributed by atoms with Crippen LogP contribution in [-0.2, 0) is 0 Å². The van der Waals surface area contributed by atoms with Crippen LogP contribution in [0.5, 0.6) is 5.88 Å². The third-order valence-corrected chi connectivity index (χ3v) is 4.71. The van der Waals surface area contributed by atoms with Crippen molar-refractivity contribution in [3.05, 3.63) is 89.6 Å². The first-order chi connectivity index (χ1) is 13.7. The molecule has 1 amide bonds. The predicted molar refractivity (Wildman–Crippen MR) is 103 cm³/mol. The zero-order valence-electron chi connectivity index (χ0n) is 15.2. The van der Waals surface area contributed by atoms with E-state index in [1.54, 1.807) is 59.6 Å². The largest absolute Gasteiger partial charge is 0.471 e. The number of carbonyl (C=O) groups is 2. The van der Waals surface area contributed by atoms with Gasteiger partial charge >= 0.3 is 0 Å². The smallest absolute Gasteiger partial charge is 0.254 e. The van der Waals surface area contributed by atoms with Crippen LogP contribution >= 0.6 is 0 Å². The third-order valence-electron chi connectivity index (χ3n) is 4.71. The zero-order chi connectivity index (χ0) is 19.3. The topological polar surface area (TPSA) is 72.4 Å². The molecule has 1 atom stereocenters. The van der Waals surface area contributed by atoms with Gasteiger partial charge in [-0.2, -0.15) is 5.10 Å². The summed E-state index contributed by atoms with van der Waals surface area (Å²) in [4.78, 5) is 27.7. The van der Waals surface area contributed by atoms with Gasteiger partial charge in [0.2, 0.25) is 5.88 Å². The molecule has 6 nitrogen and oxygen atoms in total. The Bertz CT molecular complexity index is 977. The second-order valence-corrected chi connectivity index (χ2v) is 6.58. The quantitative estimate of drug-likeness (QED) is 0.643. The maximum atomic E-state index is 13.1. The summed E-state index contributed by atoms with van der Waals surface area (Å²) < 4.78 is 5.80. The van der Waals surface area contributed by atoms with Gasteiger partial charge in [-0.1, -0.05) is 48.5 Å². The first kappa shape index (κ1) is 17.9. The Hall–Kier alpha value is -3.54. The summed E-state index contributed by atoms with van der Waals surface area (Å²) in [5.74, 6) is 0.127. The second-order valence-electron chi connectivity index (χ2n) is 6.58. The Morgan fingerprint density at radius 3 is 2.43 bits per heavy atom. The van der Waals surface area contributed by atoms with Crippen LogP contribution in [0.4, 0.5) is 0 Å². The van der Waals surface area contributed by atoms with Crippen molar-refractivity contribution in [2.24, 2.45) is 0 Å². The van der Waals surface area contributed by atoms with Crippen LogP contribution in [0.3, 0.4) is 0 Å². The van der Waals surface area contributed by atoms with E-state index in [-0.39, 0.29) is 17.8 Å². The molecule has 3 aromatic rings. The number of likely N-dealkylation sites (tertiary alicyclic amines) is 1. The van der Waals surface area contributed by atoms with E-state index in [4.69, 9.17) is 4.74 Å². The molecule has 0 aliphatic carbocycles. The number of ketones is 1. The minimum Gasteiger partial charge on any atom is -0.471 e. The van der Waals surface area contributed by atoms with Crippen molar-refractivity contribution in [2.75, 3.05) is 13.1 Å². The Labute approximate surface area is 162 Å². The highest BCUT2D eigenvalue weighted by molar-refractivity contribution is 6.15. The molecule has 0 bridgehead atoms. The molecule has 28 heavy (non-hydrogen) atoms. The monoisotopic (exact) mass is 373 g/mol. The molecule has 2 aromatic carbocycles.